The molecule has 332 valence electrons. The van der Waals surface area contributed by atoms with E-state index in [0.717, 1.165) is 23.0 Å². The minimum absolute atomic E-state index is 0.0688. The highest BCUT2D eigenvalue weighted by molar-refractivity contribution is 5.79. The maximum atomic E-state index is 14.1. The molecular formula is C46H46F8N2O6. The summed E-state index contributed by atoms with van der Waals surface area (Å²) >= 11 is 0. The van der Waals surface area contributed by atoms with Gasteiger partial charge in [0.15, 0.2) is 22.1 Å². The van der Waals surface area contributed by atoms with Crippen molar-refractivity contribution in [3.05, 3.63) is 153 Å². The van der Waals surface area contributed by atoms with E-state index in [9.17, 15) is 49.8 Å². The van der Waals surface area contributed by atoms with Crippen LogP contribution in [-0.4, -0.2) is 59.0 Å². The molecule has 62 heavy (non-hydrogen) atoms. The third-order valence-electron chi connectivity index (χ3n) is 10.8. The lowest BCUT2D eigenvalue weighted by molar-refractivity contribution is -0.271. The first kappa shape index (κ1) is 47.3. The van der Waals surface area contributed by atoms with Crippen molar-refractivity contribution in [1.29, 1.82) is 0 Å². The summed E-state index contributed by atoms with van der Waals surface area (Å²) in [7, 11) is 2.75. The standard InChI is InChI=1S/C23H23F4NO3.C14H16F4O2.C9H7NO/c1-21(2,17-12-15(24)8-9-20(17)31-3)13-22(30,23(25,26)27)14-28-11-10-19(29)16-6-4-5-7-18(16)28;1-12(2,7-13(8-20-13)14(16,17)18)10-6-9(15)4-5-11(10)19-3;11-9-5-6-10-8-4-2-1-3-7(8)9/h4-12,30H,13-14H2,1-3H3;4-6H,7-8H2,1-3H3;1-6H,(H,10,11). The molecule has 0 aliphatic carbocycles. The zero-order valence-corrected chi connectivity index (χ0v) is 34.7. The predicted molar refractivity (Wildman–Crippen MR) is 220 cm³/mol. The highest BCUT2D eigenvalue weighted by Crippen LogP contribution is 2.52. The van der Waals surface area contributed by atoms with Gasteiger partial charge in [-0.15, -0.1) is 0 Å². The number of epoxide rings is 1. The van der Waals surface area contributed by atoms with Gasteiger partial charge in [0, 0.05) is 51.9 Å². The monoisotopic (exact) mass is 874 g/mol. The van der Waals surface area contributed by atoms with Crippen LogP contribution in [-0.2, 0) is 22.1 Å². The first-order valence-corrected chi connectivity index (χ1v) is 19.2. The van der Waals surface area contributed by atoms with E-state index in [2.05, 4.69) is 9.72 Å². The number of aliphatic hydroxyl groups is 1. The molecule has 1 saturated heterocycles. The number of nitrogens with one attached hydrogen (secondary N) is 1. The Morgan fingerprint density at radius 1 is 0.726 bits per heavy atom. The van der Waals surface area contributed by atoms with Gasteiger partial charge < -0.3 is 28.9 Å². The lowest BCUT2D eigenvalue weighted by atomic mass is 9.74. The van der Waals surface area contributed by atoms with Crippen LogP contribution in [0.3, 0.4) is 0 Å². The van der Waals surface area contributed by atoms with Crippen LogP contribution >= 0.6 is 0 Å². The van der Waals surface area contributed by atoms with Crippen molar-refractivity contribution in [3.8, 4) is 11.5 Å². The molecule has 16 heteroatoms. The molecule has 0 bridgehead atoms. The zero-order valence-electron chi connectivity index (χ0n) is 34.7. The van der Waals surface area contributed by atoms with Gasteiger partial charge in [-0.3, -0.25) is 9.59 Å². The molecule has 1 aliphatic rings. The highest BCUT2D eigenvalue weighted by Gasteiger charge is 2.67. The Kier molecular flexibility index (Phi) is 13.7. The number of methoxy groups -OCH3 is 2. The molecule has 6 aromatic rings. The molecular weight excluding hydrogens is 828 g/mol. The molecule has 3 heterocycles. The smallest absolute Gasteiger partial charge is 0.419 e. The lowest BCUT2D eigenvalue weighted by Gasteiger charge is -2.39. The molecule has 0 radical (unpaired) electrons. The Labute approximate surface area is 351 Å². The number of para-hydroxylation sites is 2. The van der Waals surface area contributed by atoms with Crippen molar-refractivity contribution < 1.29 is 54.4 Å². The number of ether oxygens (including phenoxy) is 3. The molecule has 8 nitrogen and oxygen atoms in total. The van der Waals surface area contributed by atoms with Crippen molar-refractivity contribution in [1.82, 2.24) is 9.55 Å². The number of alkyl halides is 6. The van der Waals surface area contributed by atoms with E-state index < -0.39 is 59.0 Å². The maximum Gasteiger partial charge on any atom is 0.419 e. The van der Waals surface area contributed by atoms with Crippen molar-refractivity contribution in [2.75, 3.05) is 20.8 Å². The van der Waals surface area contributed by atoms with Crippen molar-refractivity contribution in [2.24, 2.45) is 0 Å². The number of aromatic nitrogens is 2. The summed E-state index contributed by atoms with van der Waals surface area (Å²) in [6.45, 7) is 5.05. The van der Waals surface area contributed by atoms with Gasteiger partial charge in [0.05, 0.1) is 32.9 Å². The van der Waals surface area contributed by atoms with Gasteiger partial charge in [-0.25, -0.2) is 8.78 Å². The molecule has 2 atom stereocenters. The number of hydrogen-bond donors (Lipinski definition) is 2. The normalized spacial score (nSPS) is 16.4. The van der Waals surface area contributed by atoms with Crippen LogP contribution in [0.5, 0.6) is 11.5 Å². The van der Waals surface area contributed by atoms with Crippen LogP contribution in [0.2, 0.25) is 0 Å². The minimum atomic E-state index is -4.99. The van der Waals surface area contributed by atoms with E-state index in [1.165, 1.54) is 87.4 Å². The number of hydrogen-bond acceptors (Lipinski definition) is 6. The number of pyridine rings is 2. The summed E-state index contributed by atoms with van der Waals surface area (Å²) in [5, 5.41) is 11.9. The molecule has 4 aromatic carbocycles. The highest BCUT2D eigenvalue weighted by atomic mass is 19.4. The summed E-state index contributed by atoms with van der Waals surface area (Å²) in [6.07, 6.45) is -7.56. The van der Waals surface area contributed by atoms with E-state index >= 15 is 0 Å². The number of rotatable bonds is 10. The van der Waals surface area contributed by atoms with Gasteiger partial charge in [0.25, 0.3) is 0 Å². The largest absolute Gasteiger partial charge is 0.496 e. The van der Waals surface area contributed by atoms with Gasteiger partial charge in [-0.2, -0.15) is 26.3 Å². The summed E-state index contributed by atoms with van der Waals surface area (Å²) in [5.74, 6) is -0.531. The number of H-pyrrole nitrogens is 1. The van der Waals surface area contributed by atoms with Gasteiger partial charge in [0.1, 0.15) is 23.1 Å². The fourth-order valence-electron chi connectivity index (χ4n) is 7.55. The van der Waals surface area contributed by atoms with Crippen molar-refractivity contribution in [2.45, 2.75) is 81.5 Å². The molecule has 0 spiro atoms. The quantitative estimate of drug-likeness (QED) is 0.105. The lowest BCUT2D eigenvalue weighted by Crippen LogP contribution is -2.52. The number of fused-ring (bicyclic) bond motifs is 2. The summed E-state index contributed by atoms with van der Waals surface area (Å²) < 4.78 is 125. The molecule has 1 aliphatic heterocycles. The third-order valence-corrected chi connectivity index (χ3v) is 10.8. The second kappa shape index (κ2) is 17.9. The summed E-state index contributed by atoms with van der Waals surface area (Å²) in [4.78, 5) is 26.2. The number of benzene rings is 4. The van der Waals surface area contributed by atoms with E-state index in [1.54, 1.807) is 32.2 Å². The summed E-state index contributed by atoms with van der Waals surface area (Å²) in [6, 6.07) is 23.9. The van der Waals surface area contributed by atoms with Crippen LogP contribution in [0, 0.1) is 11.6 Å². The van der Waals surface area contributed by atoms with Crippen LogP contribution in [0.1, 0.15) is 51.7 Å². The van der Waals surface area contributed by atoms with E-state index in [1.807, 2.05) is 24.3 Å². The summed E-state index contributed by atoms with van der Waals surface area (Å²) in [5.41, 5.74) is -5.99. The molecule has 1 fully saturated rings. The average Bonchev–Trinajstić information content (AvgIpc) is 4.00. The predicted octanol–water partition coefficient (Wildman–Crippen LogP) is 10.2. The Hall–Kier alpha value is -5.74. The molecule has 2 unspecified atom stereocenters. The Bertz CT molecular complexity index is 2630. The molecule has 7 rings (SSSR count). The van der Waals surface area contributed by atoms with Crippen LogP contribution < -0.4 is 20.3 Å². The first-order valence-electron chi connectivity index (χ1n) is 19.2. The topological polar surface area (TPSA) is 106 Å². The second-order valence-corrected chi connectivity index (χ2v) is 16.3. The Balaban J connectivity index is 0.000000198. The Morgan fingerprint density at radius 3 is 1.76 bits per heavy atom. The second-order valence-electron chi connectivity index (χ2n) is 16.3. The zero-order chi connectivity index (χ0) is 45.9. The molecule has 0 saturated carbocycles. The number of halogens is 8. The maximum absolute atomic E-state index is 14.1. The van der Waals surface area contributed by atoms with Crippen molar-refractivity contribution >= 4 is 21.8 Å². The van der Waals surface area contributed by atoms with Gasteiger partial charge in [-0.1, -0.05) is 52.0 Å². The first-order chi connectivity index (χ1) is 28.9. The fourth-order valence-corrected chi connectivity index (χ4v) is 7.55. The molecule has 2 aromatic heterocycles. The number of aromatic amines is 1. The van der Waals surface area contributed by atoms with Gasteiger partial charge >= 0.3 is 12.4 Å². The third kappa shape index (κ3) is 10.5. The van der Waals surface area contributed by atoms with Gasteiger partial charge in [0.2, 0.25) is 0 Å². The Morgan fingerprint density at radius 2 is 1.24 bits per heavy atom. The minimum Gasteiger partial charge on any atom is -0.496 e. The molecule has 2 N–H and O–H groups in total. The number of nitrogens with zero attached hydrogens (tertiary/aromatic N) is 1. The van der Waals surface area contributed by atoms with Crippen molar-refractivity contribution in [3.63, 3.8) is 0 Å². The molecule has 0 amide bonds. The van der Waals surface area contributed by atoms with Crippen LogP contribution in [0.4, 0.5) is 35.1 Å². The average molecular weight is 875 g/mol. The SMILES string of the molecule is COc1ccc(F)cc1C(C)(C)CC(O)(Cn1ccc(=O)c2ccccc21)C(F)(F)F.COc1ccc(F)cc1C(C)(C)CC1(C(F)(F)F)CO1.O=c1cc[nH]c2ccccc12. The van der Waals surface area contributed by atoms with E-state index in [0.29, 0.717) is 11.3 Å². The fraction of sp³-hybridized carbons (Fsp3) is 0.348. The van der Waals surface area contributed by atoms with Crippen LogP contribution in [0.15, 0.2) is 119 Å². The van der Waals surface area contributed by atoms with Crippen LogP contribution in [0.25, 0.3) is 21.8 Å². The van der Waals surface area contributed by atoms with E-state index in [-0.39, 0.29) is 46.1 Å². The van der Waals surface area contributed by atoms with Gasteiger partial charge in [-0.05, 0) is 84.3 Å². The van der Waals surface area contributed by atoms with E-state index in [4.69, 9.17) is 9.47 Å².